The number of aromatic nitrogens is 2. The van der Waals surface area contributed by atoms with Crippen LogP contribution in [0.2, 0.25) is 5.02 Å². The van der Waals surface area contributed by atoms with E-state index in [0.717, 1.165) is 21.4 Å². The Bertz CT molecular complexity index is 833. The van der Waals surface area contributed by atoms with Crippen molar-refractivity contribution in [3.8, 4) is 11.8 Å². The SMILES string of the molecule is CCn1c(=O)c(C#N)cn(-c2ccc(Cl)cc2F)c1=O. The maximum Gasteiger partial charge on any atom is 0.335 e. The second-order valence-electron chi connectivity index (χ2n) is 3.95. The third-order valence-electron chi connectivity index (χ3n) is 2.78. The standard InChI is InChI=1S/C13H9ClFN3O2/c1-2-17-12(19)8(6-16)7-18(13(17)20)11-4-3-9(14)5-10(11)15/h3-5,7H,2H2,1H3. The number of nitrogens with zero attached hydrogens (tertiary/aromatic N) is 3. The predicted molar refractivity (Wildman–Crippen MR) is 71.7 cm³/mol. The first-order valence-corrected chi connectivity index (χ1v) is 6.09. The lowest BCUT2D eigenvalue weighted by atomic mass is 10.3. The van der Waals surface area contributed by atoms with Crippen LogP contribution in [0.3, 0.4) is 0 Å². The number of benzene rings is 1. The molecular formula is C13H9ClFN3O2. The normalized spacial score (nSPS) is 10.3. The van der Waals surface area contributed by atoms with Crippen molar-refractivity contribution in [2.75, 3.05) is 0 Å². The molecule has 0 aliphatic heterocycles. The minimum absolute atomic E-state index is 0.0712. The Morgan fingerprint density at radius 1 is 1.40 bits per heavy atom. The predicted octanol–water partition coefficient (Wildman–Crippen LogP) is 1.68. The van der Waals surface area contributed by atoms with Gasteiger partial charge >= 0.3 is 5.69 Å². The van der Waals surface area contributed by atoms with E-state index in [0.29, 0.717) is 0 Å². The Morgan fingerprint density at radius 3 is 2.65 bits per heavy atom. The van der Waals surface area contributed by atoms with Crippen LogP contribution >= 0.6 is 11.6 Å². The van der Waals surface area contributed by atoms with Gasteiger partial charge in [-0.3, -0.25) is 13.9 Å². The van der Waals surface area contributed by atoms with Crippen LogP contribution in [0, 0.1) is 17.1 Å². The van der Waals surface area contributed by atoms with Crippen molar-refractivity contribution in [3.05, 3.63) is 61.6 Å². The molecule has 7 heteroatoms. The quantitative estimate of drug-likeness (QED) is 0.846. The fourth-order valence-electron chi connectivity index (χ4n) is 1.81. The minimum atomic E-state index is -0.718. The van der Waals surface area contributed by atoms with Crippen molar-refractivity contribution in [1.29, 1.82) is 5.26 Å². The van der Waals surface area contributed by atoms with E-state index in [1.165, 1.54) is 12.1 Å². The number of hydrogen-bond donors (Lipinski definition) is 0. The van der Waals surface area contributed by atoms with E-state index in [-0.39, 0.29) is 22.8 Å². The number of nitriles is 1. The van der Waals surface area contributed by atoms with Gasteiger partial charge in [-0.05, 0) is 25.1 Å². The summed E-state index contributed by atoms with van der Waals surface area (Å²) < 4.78 is 15.7. The monoisotopic (exact) mass is 293 g/mol. The summed E-state index contributed by atoms with van der Waals surface area (Å²) in [5, 5.41) is 9.10. The van der Waals surface area contributed by atoms with Crippen LogP contribution in [0.4, 0.5) is 4.39 Å². The zero-order chi connectivity index (χ0) is 14.9. The third kappa shape index (κ3) is 2.24. The molecule has 0 saturated heterocycles. The van der Waals surface area contributed by atoms with E-state index in [2.05, 4.69) is 0 Å². The smallest absolute Gasteiger partial charge is 0.268 e. The van der Waals surface area contributed by atoms with Gasteiger partial charge in [-0.15, -0.1) is 0 Å². The van der Waals surface area contributed by atoms with Crippen LogP contribution < -0.4 is 11.2 Å². The lowest BCUT2D eigenvalue weighted by Crippen LogP contribution is -2.40. The zero-order valence-electron chi connectivity index (χ0n) is 10.4. The molecule has 0 bridgehead atoms. The molecule has 0 aliphatic carbocycles. The van der Waals surface area contributed by atoms with Crippen molar-refractivity contribution in [2.24, 2.45) is 0 Å². The second-order valence-corrected chi connectivity index (χ2v) is 4.39. The highest BCUT2D eigenvalue weighted by Crippen LogP contribution is 2.16. The highest BCUT2D eigenvalue weighted by Gasteiger charge is 2.14. The van der Waals surface area contributed by atoms with Crippen LogP contribution in [0.15, 0.2) is 34.0 Å². The van der Waals surface area contributed by atoms with Crippen molar-refractivity contribution in [3.63, 3.8) is 0 Å². The van der Waals surface area contributed by atoms with Crippen molar-refractivity contribution in [1.82, 2.24) is 9.13 Å². The van der Waals surface area contributed by atoms with E-state index in [1.54, 1.807) is 13.0 Å². The molecule has 1 heterocycles. The highest BCUT2D eigenvalue weighted by atomic mass is 35.5. The number of rotatable bonds is 2. The summed E-state index contributed by atoms with van der Waals surface area (Å²) >= 11 is 5.65. The molecule has 1 aromatic heterocycles. The van der Waals surface area contributed by atoms with Crippen LogP contribution in [0.5, 0.6) is 0 Å². The summed E-state index contributed by atoms with van der Waals surface area (Å²) in [5.74, 6) is -0.718. The maximum atomic E-state index is 13.9. The van der Waals surface area contributed by atoms with Gasteiger partial charge in [0, 0.05) is 17.8 Å². The Kier molecular flexibility index (Phi) is 3.72. The largest absolute Gasteiger partial charge is 0.335 e. The molecule has 5 nitrogen and oxygen atoms in total. The van der Waals surface area contributed by atoms with Gasteiger partial charge in [0.1, 0.15) is 17.4 Å². The molecule has 0 atom stereocenters. The summed E-state index contributed by atoms with van der Waals surface area (Å²) in [5.41, 5.74) is -1.71. The highest BCUT2D eigenvalue weighted by molar-refractivity contribution is 6.30. The molecule has 0 unspecified atom stereocenters. The minimum Gasteiger partial charge on any atom is -0.268 e. The molecule has 0 amide bonds. The van der Waals surface area contributed by atoms with Gasteiger partial charge < -0.3 is 0 Å². The molecule has 0 fully saturated rings. The third-order valence-corrected chi connectivity index (χ3v) is 3.01. The number of halogens is 2. The summed E-state index contributed by atoms with van der Waals surface area (Å²) in [6, 6.07) is 5.48. The Labute approximate surface area is 118 Å². The average molecular weight is 294 g/mol. The zero-order valence-corrected chi connectivity index (χ0v) is 11.2. The van der Waals surface area contributed by atoms with Crippen molar-refractivity contribution < 1.29 is 4.39 Å². The first-order valence-electron chi connectivity index (χ1n) is 5.71. The lowest BCUT2D eigenvalue weighted by Gasteiger charge is -2.10. The van der Waals surface area contributed by atoms with E-state index in [4.69, 9.17) is 16.9 Å². The molecule has 2 rings (SSSR count). The molecule has 0 saturated carbocycles. The Hall–Kier alpha value is -2.39. The fourth-order valence-corrected chi connectivity index (χ4v) is 1.97. The summed E-state index contributed by atoms with van der Waals surface area (Å²) in [4.78, 5) is 23.9. The average Bonchev–Trinajstić information content (AvgIpc) is 2.41. The van der Waals surface area contributed by atoms with Gasteiger partial charge in [-0.1, -0.05) is 11.6 Å². The molecule has 0 aliphatic rings. The molecule has 1 aromatic carbocycles. The van der Waals surface area contributed by atoms with E-state index in [1.807, 2.05) is 0 Å². The van der Waals surface area contributed by atoms with Gasteiger partial charge in [0.05, 0.1) is 5.69 Å². The summed E-state index contributed by atoms with van der Waals surface area (Å²) in [7, 11) is 0. The second kappa shape index (κ2) is 5.31. The summed E-state index contributed by atoms with van der Waals surface area (Å²) in [6.07, 6.45) is 1.03. The molecule has 0 radical (unpaired) electrons. The Balaban J connectivity index is 2.85. The maximum absolute atomic E-state index is 13.9. The van der Waals surface area contributed by atoms with Gasteiger partial charge in [0.25, 0.3) is 5.56 Å². The number of hydrogen-bond acceptors (Lipinski definition) is 3. The molecular weight excluding hydrogens is 285 g/mol. The fraction of sp³-hybridized carbons (Fsp3) is 0.154. The topological polar surface area (TPSA) is 67.8 Å². The van der Waals surface area contributed by atoms with Crippen LogP contribution in [-0.2, 0) is 6.54 Å². The van der Waals surface area contributed by atoms with E-state index >= 15 is 0 Å². The van der Waals surface area contributed by atoms with Crippen LogP contribution in [0.1, 0.15) is 12.5 Å². The van der Waals surface area contributed by atoms with E-state index in [9.17, 15) is 14.0 Å². The van der Waals surface area contributed by atoms with Gasteiger partial charge in [0.2, 0.25) is 0 Å². The first-order chi connectivity index (χ1) is 9.49. The first kappa shape index (κ1) is 14.0. The molecule has 20 heavy (non-hydrogen) atoms. The lowest BCUT2D eigenvalue weighted by molar-refractivity contribution is 0.597. The molecule has 0 spiro atoms. The van der Waals surface area contributed by atoms with Crippen molar-refractivity contribution in [2.45, 2.75) is 13.5 Å². The van der Waals surface area contributed by atoms with Crippen LogP contribution in [0.25, 0.3) is 5.69 Å². The Morgan fingerprint density at radius 2 is 2.10 bits per heavy atom. The van der Waals surface area contributed by atoms with Crippen molar-refractivity contribution >= 4 is 11.6 Å². The van der Waals surface area contributed by atoms with Gasteiger partial charge in [0.15, 0.2) is 0 Å². The molecule has 2 aromatic rings. The van der Waals surface area contributed by atoms with Gasteiger partial charge in [-0.25, -0.2) is 9.18 Å². The molecule has 0 N–H and O–H groups in total. The molecule has 102 valence electrons. The van der Waals surface area contributed by atoms with Gasteiger partial charge in [-0.2, -0.15) is 5.26 Å². The van der Waals surface area contributed by atoms with E-state index < -0.39 is 17.1 Å². The van der Waals surface area contributed by atoms with Crippen LogP contribution in [-0.4, -0.2) is 9.13 Å². The summed E-state index contributed by atoms with van der Waals surface area (Å²) in [6.45, 7) is 1.68.